The first-order valence-electron chi connectivity index (χ1n) is 4.47. The van der Waals surface area contributed by atoms with Crippen LogP contribution in [0.3, 0.4) is 0 Å². The number of rotatable bonds is 2. The van der Waals surface area contributed by atoms with E-state index in [1.54, 1.807) is 6.07 Å². The van der Waals surface area contributed by atoms with Gasteiger partial charge in [0.25, 0.3) is 0 Å². The molecule has 2 N–H and O–H groups in total. The molecule has 0 bridgehead atoms. The first kappa shape index (κ1) is 11.5. The van der Waals surface area contributed by atoms with Crippen molar-refractivity contribution in [1.82, 2.24) is 0 Å². The second-order valence-electron chi connectivity index (χ2n) is 4.50. The summed E-state index contributed by atoms with van der Waals surface area (Å²) in [6.45, 7) is 6.73. The predicted octanol–water partition coefficient (Wildman–Crippen LogP) is 1.18. The molecule has 0 aliphatic rings. The second-order valence-corrected chi connectivity index (χ2v) is 11.5. The van der Waals surface area contributed by atoms with E-state index in [2.05, 4.69) is 31.6 Å². The van der Waals surface area contributed by atoms with Gasteiger partial charge in [0.1, 0.15) is 0 Å². The van der Waals surface area contributed by atoms with Crippen molar-refractivity contribution in [2.45, 2.75) is 24.5 Å². The molecule has 2 nitrogen and oxygen atoms in total. The summed E-state index contributed by atoms with van der Waals surface area (Å²) in [6, 6.07) is 7.68. The zero-order chi connectivity index (χ0) is 11.0. The Morgan fingerprint density at radius 2 is 1.93 bits per heavy atom. The van der Waals surface area contributed by atoms with E-state index in [4.69, 9.17) is 5.14 Å². The molecule has 1 aromatic carbocycles. The Hall–Kier alpha value is -0.583. The maximum absolute atomic E-state index is 11.5. The van der Waals surface area contributed by atoms with Crippen LogP contribution in [0.15, 0.2) is 29.2 Å². The molecule has 1 aromatic rings. The van der Waals surface area contributed by atoms with Crippen molar-refractivity contribution >= 4 is 28.8 Å². The van der Waals surface area contributed by atoms with Crippen LogP contribution in [0.4, 0.5) is 0 Å². The van der Waals surface area contributed by atoms with Gasteiger partial charge in [0.05, 0.1) is 17.8 Å². The summed E-state index contributed by atoms with van der Waals surface area (Å²) in [4.78, 5) is 0.650. The standard InChI is InChI=1S/C10H17NOSSi/c1-13(11,12)9-6-5-7-10(8-9)14(2,3)4/h5-8H,1H2,2-4H3,(H2,11,12). The highest BCUT2D eigenvalue weighted by Gasteiger charge is 2.17. The maximum atomic E-state index is 11.5. The first-order chi connectivity index (χ1) is 6.21. The Balaban J connectivity index is 3.29. The molecule has 0 aliphatic heterocycles. The van der Waals surface area contributed by atoms with Gasteiger partial charge in [-0.05, 0) is 18.0 Å². The Morgan fingerprint density at radius 3 is 2.36 bits per heavy atom. The van der Waals surface area contributed by atoms with Crippen molar-refractivity contribution in [2.24, 2.45) is 5.14 Å². The van der Waals surface area contributed by atoms with Gasteiger partial charge in [-0.1, -0.05) is 37.0 Å². The molecule has 0 aliphatic carbocycles. The van der Waals surface area contributed by atoms with Crippen LogP contribution < -0.4 is 10.3 Å². The Labute approximate surface area is 87.3 Å². The zero-order valence-electron chi connectivity index (χ0n) is 8.91. The summed E-state index contributed by atoms with van der Waals surface area (Å²) in [7, 11) is -3.92. The number of benzene rings is 1. The molecule has 0 aromatic heterocycles. The summed E-state index contributed by atoms with van der Waals surface area (Å²) >= 11 is 0. The van der Waals surface area contributed by atoms with Gasteiger partial charge in [-0.15, -0.1) is 0 Å². The van der Waals surface area contributed by atoms with Gasteiger partial charge < -0.3 is 0 Å². The van der Waals surface area contributed by atoms with Crippen LogP contribution in [-0.2, 0) is 9.71 Å². The minimum absolute atomic E-state index is 0.650. The summed E-state index contributed by atoms with van der Waals surface area (Å²) in [5.41, 5.74) is 0. The Morgan fingerprint density at radius 1 is 1.36 bits per heavy atom. The molecule has 78 valence electrons. The predicted molar refractivity (Wildman–Crippen MR) is 67.1 cm³/mol. The van der Waals surface area contributed by atoms with Crippen LogP contribution in [0, 0.1) is 0 Å². The monoisotopic (exact) mass is 227 g/mol. The average Bonchev–Trinajstić information content (AvgIpc) is 2.01. The molecule has 0 fully saturated rings. The lowest BCUT2D eigenvalue weighted by Crippen LogP contribution is -2.37. The van der Waals surface area contributed by atoms with Crippen LogP contribution >= 0.6 is 0 Å². The quantitative estimate of drug-likeness (QED) is 0.598. The van der Waals surface area contributed by atoms with Crippen molar-refractivity contribution in [1.29, 1.82) is 0 Å². The van der Waals surface area contributed by atoms with Gasteiger partial charge in [-0.2, -0.15) is 0 Å². The molecule has 14 heavy (non-hydrogen) atoms. The molecular weight excluding hydrogens is 210 g/mol. The molecular formula is C10H17NOSSi. The molecule has 0 radical (unpaired) electrons. The van der Waals surface area contributed by atoms with Gasteiger partial charge in [0.2, 0.25) is 0 Å². The van der Waals surface area contributed by atoms with E-state index in [1.165, 1.54) is 5.19 Å². The topological polar surface area (TPSA) is 43.1 Å². The van der Waals surface area contributed by atoms with Crippen LogP contribution in [0.5, 0.6) is 0 Å². The molecule has 0 amide bonds. The highest BCUT2D eigenvalue weighted by atomic mass is 32.2. The normalized spacial score (nSPS) is 16.3. The largest absolute Gasteiger partial charge is 0.256 e. The average molecular weight is 227 g/mol. The zero-order valence-corrected chi connectivity index (χ0v) is 10.7. The van der Waals surface area contributed by atoms with Gasteiger partial charge >= 0.3 is 0 Å². The molecule has 0 saturated heterocycles. The lowest BCUT2D eigenvalue weighted by atomic mass is 10.4. The van der Waals surface area contributed by atoms with E-state index in [-0.39, 0.29) is 0 Å². The van der Waals surface area contributed by atoms with Crippen molar-refractivity contribution in [3.63, 3.8) is 0 Å². The SMILES string of the molecule is C=S(N)(=O)c1cccc([Si](C)(C)C)c1. The highest BCUT2D eigenvalue weighted by molar-refractivity contribution is 7.98. The van der Waals surface area contributed by atoms with E-state index in [9.17, 15) is 4.21 Å². The smallest absolute Gasteiger partial charge is 0.0776 e. The fraction of sp³-hybridized carbons (Fsp3) is 0.300. The first-order valence-corrected chi connectivity index (χ1v) is 9.76. The molecule has 1 unspecified atom stereocenters. The van der Waals surface area contributed by atoms with Crippen molar-refractivity contribution < 1.29 is 4.21 Å². The molecule has 1 rings (SSSR count). The maximum Gasteiger partial charge on any atom is 0.0776 e. The summed E-state index contributed by atoms with van der Waals surface area (Å²) in [6.07, 6.45) is 0. The molecule has 0 saturated carbocycles. The number of hydrogen-bond donors (Lipinski definition) is 1. The Bertz CT molecular complexity index is 432. The third kappa shape index (κ3) is 2.70. The van der Waals surface area contributed by atoms with Gasteiger partial charge in [0.15, 0.2) is 0 Å². The van der Waals surface area contributed by atoms with E-state index in [0.717, 1.165) is 0 Å². The second kappa shape index (κ2) is 3.53. The van der Waals surface area contributed by atoms with E-state index >= 15 is 0 Å². The molecule has 4 heteroatoms. The van der Waals surface area contributed by atoms with Crippen molar-refractivity contribution in [2.75, 3.05) is 0 Å². The minimum atomic E-state index is -2.56. The summed E-state index contributed by atoms with van der Waals surface area (Å²) < 4.78 is 11.5. The summed E-state index contributed by atoms with van der Waals surface area (Å²) in [5.74, 6) is 3.48. The van der Waals surface area contributed by atoms with Crippen LogP contribution in [0.25, 0.3) is 0 Å². The van der Waals surface area contributed by atoms with E-state index in [1.807, 2.05) is 12.1 Å². The third-order valence-corrected chi connectivity index (χ3v) is 5.19. The lowest BCUT2D eigenvalue weighted by Gasteiger charge is -2.17. The molecule has 1 atom stereocenters. The molecule has 0 heterocycles. The lowest BCUT2D eigenvalue weighted by molar-refractivity contribution is 0.682. The van der Waals surface area contributed by atoms with Crippen LogP contribution in [0.1, 0.15) is 0 Å². The van der Waals surface area contributed by atoms with E-state index < -0.39 is 17.8 Å². The van der Waals surface area contributed by atoms with Gasteiger partial charge in [-0.25, -0.2) is 4.21 Å². The van der Waals surface area contributed by atoms with Crippen LogP contribution in [-0.4, -0.2) is 18.2 Å². The Kier molecular flexibility index (Phi) is 2.90. The van der Waals surface area contributed by atoms with Gasteiger partial charge in [-0.3, -0.25) is 5.14 Å². The van der Waals surface area contributed by atoms with Crippen molar-refractivity contribution in [3.8, 4) is 0 Å². The highest BCUT2D eigenvalue weighted by Crippen LogP contribution is 2.08. The summed E-state index contributed by atoms with van der Waals surface area (Å²) in [5, 5.41) is 6.76. The fourth-order valence-corrected chi connectivity index (χ4v) is 3.10. The number of hydrogen-bond acceptors (Lipinski definition) is 1. The fourth-order valence-electron chi connectivity index (χ4n) is 1.18. The van der Waals surface area contributed by atoms with E-state index in [0.29, 0.717) is 4.90 Å². The van der Waals surface area contributed by atoms with Crippen LogP contribution in [0.2, 0.25) is 19.6 Å². The molecule has 0 spiro atoms. The minimum Gasteiger partial charge on any atom is -0.256 e. The number of nitrogens with two attached hydrogens (primary N) is 1. The van der Waals surface area contributed by atoms with Gasteiger partial charge in [0, 0.05) is 4.90 Å². The van der Waals surface area contributed by atoms with Crippen molar-refractivity contribution in [3.05, 3.63) is 24.3 Å². The third-order valence-electron chi connectivity index (χ3n) is 2.10.